The topological polar surface area (TPSA) is 157 Å². The van der Waals surface area contributed by atoms with E-state index in [1.165, 1.54) is 57.6 Å². The van der Waals surface area contributed by atoms with Gasteiger partial charge in [-0.3, -0.25) is 9.59 Å². The third kappa shape index (κ3) is 10.3. The molecular weight excluding hydrogens is 724 g/mol. The number of ether oxygens (including phenoxy) is 8. The van der Waals surface area contributed by atoms with Gasteiger partial charge in [-0.1, -0.05) is 36.4 Å². The molecule has 0 aliphatic carbocycles. The summed E-state index contributed by atoms with van der Waals surface area (Å²) in [5, 5.41) is 4.73. The number of nitrogens with zero attached hydrogens (tertiary/aromatic N) is 1. The zero-order valence-electron chi connectivity index (χ0n) is 32.7. The van der Waals surface area contributed by atoms with Crippen LogP contribution >= 0.6 is 0 Å². The van der Waals surface area contributed by atoms with Crippen LogP contribution < -0.4 is 24.3 Å². The Morgan fingerprint density at radius 3 is 1.96 bits per heavy atom. The molecule has 1 N–H and O–H groups in total. The molecular formula is C42H48N2O12. The van der Waals surface area contributed by atoms with E-state index < -0.39 is 35.7 Å². The van der Waals surface area contributed by atoms with Gasteiger partial charge in [-0.25, -0.2) is 9.59 Å². The molecule has 0 bridgehead atoms. The van der Waals surface area contributed by atoms with Crippen LogP contribution in [0.1, 0.15) is 70.3 Å². The Hall–Kier alpha value is -5.86. The summed E-state index contributed by atoms with van der Waals surface area (Å²) in [5.41, 5.74) is 0.277. The number of ketones is 1. The highest BCUT2D eigenvalue weighted by atomic mass is 16.7. The van der Waals surface area contributed by atoms with Crippen LogP contribution in [0.15, 0.2) is 72.8 Å². The minimum Gasteiger partial charge on any atom is -0.493 e. The van der Waals surface area contributed by atoms with E-state index in [-0.39, 0.29) is 54.3 Å². The van der Waals surface area contributed by atoms with Gasteiger partial charge < -0.3 is 48.1 Å². The lowest BCUT2D eigenvalue weighted by molar-refractivity contribution is 0.0127. The Morgan fingerprint density at radius 1 is 0.750 bits per heavy atom. The summed E-state index contributed by atoms with van der Waals surface area (Å²) >= 11 is 0. The number of hydrogen-bond acceptors (Lipinski definition) is 12. The molecule has 1 heterocycles. The first kappa shape index (κ1) is 41.3. The Bertz CT molecular complexity index is 2000. The molecule has 56 heavy (non-hydrogen) atoms. The summed E-state index contributed by atoms with van der Waals surface area (Å²) in [7, 11) is 5.82. The number of nitrogens with one attached hydrogen (secondary N) is 1. The molecule has 0 spiro atoms. The molecule has 0 unspecified atom stereocenters. The van der Waals surface area contributed by atoms with Crippen molar-refractivity contribution in [2.45, 2.75) is 51.4 Å². The van der Waals surface area contributed by atoms with Crippen LogP contribution in [0.5, 0.6) is 23.0 Å². The molecule has 0 aromatic heterocycles. The van der Waals surface area contributed by atoms with Gasteiger partial charge in [0.15, 0.2) is 30.9 Å². The highest BCUT2D eigenvalue weighted by Crippen LogP contribution is 2.39. The zero-order chi connectivity index (χ0) is 40.4. The molecule has 5 rings (SSSR count). The monoisotopic (exact) mass is 772 g/mol. The molecule has 4 aromatic carbocycles. The van der Waals surface area contributed by atoms with Crippen molar-refractivity contribution in [1.82, 2.24) is 10.2 Å². The summed E-state index contributed by atoms with van der Waals surface area (Å²) in [6.07, 6.45) is -0.612. The first-order chi connectivity index (χ1) is 26.8. The van der Waals surface area contributed by atoms with E-state index in [2.05, 4.69) is 5.32 Å². The van der Waals surface area contributed by atoms with E-state index in [9.17, 15) is 19.2 Å². The molecule has 2 amide bonds. The van der Waals surface area contributed by atoms with Gasteiger partial charge in [0.05, 0.1) is 31.4 Å². The van der Waals surface area contributed by atoms with Gasteiger partial charge in [-0.15, -0.1) is 0 Å². The molecule has 0 radical (unpaired) electrons. The lowest BCUT2D eigenvalue weighted by Crippen LogP contribution is -2.51. The van der Waals surface area contributed by atoms with Crippen LogP contribution in [0.3, 0.4) is 0 Å². The Kier molecular flexibility index (Phi) is 13.8. The Labute approximate surface area is 325 Å². The van der Waals surface area contributed by atoms with Crippen molar-refractivity contribution >= 4 is 34.5 Å². The highest BCUT2D eigenvalue weighted by molar-refractivity contribution is 6.13. The quantitative estimate of drug-likeness (QED) is 0.0855. The van der Waals surface area contributed by atoms with Crippen LogP contribution in [0.4, 0.5) is 4.79 Å². The van der Waals surface area contributed by atoms with E-state index >= 15 is 0 Å². The molecule has 0 saturated carbocycles. The van der Waals surface area contributed by atoms with Crippen molar-refractivity contribution in [3.63, 3.8) is 0 Å². The summed E-state index contributed by atoms with van der Waals surface area (Å²) in [6, 6.07) is 19.4. The molecule has 1 saturated heterocycles. The van der Waals surface area contributed by atoms with Gasteiger partial charge in [0.25, 0.3) is 5.91 Å². The van der Waals surface area contributed by atoms with Crippen LogP contribution in [-0.2, 0) is 18.9 Å². The van der Waals surface area contributed by atoms with E-state index in [0.29, 0.717) is 36.3 Å². The molecule has 1 aliphatic rings. The number of amides is 2. The van der Waals surface area contributed by atoms with E-state index in [0.717, 1.165) is 10.8 Å². The minimum absolute atomic E-state index is 0.00538. The van der Waals surface area contributed by atoms with Crippen molar-refractivity contribution in [2.24, 2.45) is 0 Å². The molecule has 14 nitrogen and oxygen atoms in total. The van der Waals surface area contributed by atoms with Gasteiger partial charge in [0, 0.05) is 38.4 Å². The smallest absolute Gasteiger partial charge is 0.410 e. The van der Waals surface area contributed by atoms with Crippen molar-refractivity contribution < 1.29 is 57.1 Å². The van der Waals surface area contributed by atoms with Crippen molar-refractivity contribution in [2.75, 3.05) is 55.1 Å². The normalized spacial score (nSPS) is 15.7. The lowest BCUT2D eigenvalue weighted by atomic mass is 9.98. The Balaban J connectivity index is 1.38. The largest absolute Gasteiger partial charge is 0.493 e. The maximum atomic E-state index is 13.9. The number of fused-ring (bicyclic) bond motifs is 1. The number of carbonyl (C=O) groups excluding carboxylic acids is 4. The fourth-order valence-electron chi connectivity index (χ4n) is 6.18. The van der Waals surface area contributed by atoms with Crippen LogP contribution in [0, 0.1) is 0 Å². The molecule has 1 aliphatic heterocycles. The number of methoxy groups -OCH3 is 4. The first-order valence-electron chi connectivity index (χ1n) is 18.0. The van der Waals surface area contributed by atoms with E-state index in [4.69, 9.17) is 37.9 Å². The van der Waals surface area contributed by atoms with E-state index in [1.807, 2.05) is 24.3 Å². The summed E-state index contributed by atoms with van der Waals surface area (Å²) < 4.78 is 44.1. The van der Waals surface area contributed by atoms with Crippen molar-refractivity contribution in [3.05, 3.63) is 95.1 Å². The number of hydrogen-bond donors (Lipinski definition) is 1. The number of carbonyl (C=O) groups is 4. The number of esters is 1. The summed E-state index contributed by atoms with van der Waals surface area (Å²) in [4.78, 5) is 56.0. The van der Waals surface area contributed by atoms with Gasteiger partial charge in [0.1, 0.15) is 17.5 Å². The van der Waals surface area contributed by atoms with Crippen molar-refractivity contribution in [3.8, 4) is 23.0 Å². The molecule has 298 valence electrons. The second kappa shape index (κ2) is 18.7. The maximum Gasteiger partial charge on any atom is 0.410 e. The predicted octanol–water partition coefficient (Wildman–Crippen LogP) is 6.41. The van der Waals surface area contributed by atoms with Gasteiger partial charge in [-0.2, -0.15) is 0 Å². The summed E-state index contributed by atoms with van der Waals surface area (Å²) in [6.45, 7) is 5.48. The lowest BCUT2D eigenvalue weighted by Gasteiger charge is -2.30. The average molecular weight is 773 g/mol. The highest BCUT2D eigenvalue weighted by Gasteiger charge is 2.35. The third-order valence-electron chi connectivity index (χ3n) is 8.86. The zero-order valence-corrected chi connectivity index (χ0v) is 32.7. The fourth-order valence-corrected chi connectivity index (χ4v) is 6.18. The predicted molar refractivity (Wildman–Crippen MR) is 206 cm³/mol. The fraction of sp³-hybridized carbons (Fsp3) is 0.381. The van der Waals surface area contributed by atoms with Crippen LogP contribution in [0.2, 0.25) is 0 Å². The van der Waals surface area contributed by atoms with Crippen LogP contribution in [0.25, 0.3) is 10.8 Å². The first-order valence-corrected chi connectivity index (χ1v) is 18.0. The number of rotatable bonds is 14. The second-order valence-corrected chi connectivity index (χ2v) is 14.0. The van der Waals surface area contributed by atoms with Gasteiger partial charge >= 0.3 is 12.1 Å². The summed E-state index contributed by atoms with van der Waals surface area (Å²) in [5.74, 6) is -0.441. The van der Waals surface area contributed by atoms with Gasteiger partial charge in [-0.05, 0) is 80.8 Å². The number of benzene rings is 4. The SMILES string of the molecule is COCOc1cc2ccccc2cc1C(=O)c1ccc(C(=O)O[C@@H]2CCCN(C(=O)OC(C)(C)C)C[C@H]2NC(=O)c2cc(OC)c(OCOC)c(OC)c2)cc1. The second-order valence-electron chi connectivity index (χ2n) is 14.0. The standard InChI is InChI=1S/C42H48N2O12/c1-42(2,3)56-41(48)44-18-10-13-33(32(23-44)43-39(46)30-21-35(51-6)38(54-25-50-5)36(22-30)52-7)55-40(47)27-16-14-26(15-17-27)37(45)31-19-28-11-8-9-12-29(28)20-34(31)53-24-49-4/h8-9,11-12,14-17,19-22,32-33H,10,13,18,23-25H2,1-7H3,(H,43,46)/t32-,33-/m1/s1. The Morgan fingerprint density at radius 2 is 1.36 bits per heavy atom. The van der Waals surface area contributed by atoms with E-state index in [1.54, 1.807) is 45.0 Å². The molecule has 4 aromatic rings. The maximum absolute atomic E-state index is 13.9. The minimum atomic E-state index is -0.845. The molecule has 2 atom stereocenters. The third-order valence-corrected chi connectivity index (χ3v) is 8.86. The average Bonchev–Trinajstić information content (AvgIpc) is 3.39. The van der Waals surface area contributed by atoms with Gasteiger partial charge in [0.2, 0.25) is 5.75 Å². The van der Waals surface area contributed by atoms with Crippen LogP contribution in [-0.4, -0.2) is 102 Å². The van der Waals surface area contributed by atoms with Crippen molar-refractivity contribution in [1.29, 1.82) is 0 Å². The molecule has 1 fully saturated rings. The molecule has 14 heteroatoms. The number of likely N-dealkylation sites (tertiary alicyclic amines) is 1.